The summed E-state index contributed by atoms with van der Waals surface area (Å²) in [6, 6.07) is 0. The van der Waals surface area contributed by atoms with Crippen molar-refractivity contribution in [1.29, 1.82) is 0 Å². The van der Waals surface area contributed by atoms with Crippen LogP contribution in [0.25, 0.3) is 0 Å². The van der Waals surface area contributed by atoms with Gasteiger partial charge in [0, 0.05) is 18.4 Å². The first kappa shape index (κ1) is 15.5. The van der Waals surface area contributed by atoms with E-state index in [0.717, 1.165) is 38.5 Å². The minimum Gasteiger partial charge on any atom is -0.396 e. The highest BCUT2D eigenvalue weighted by Crippen LogP contribution is 2.68. The molecule has 3 rings (SSSR count). The molecule has 0 saturated heterocycles. The van der Waals surface area contributed by atoms with Crippen molar-refractivity contribution in [1.82, 2.24) is 0 Å². The molecule has 0 aromatic heterocycles. The molecule has 3 saturated carbocycles. The number of Topliss-reactive ketones (excluding diaryl/α,β-unsaturated/α-hetero) is 1. The first-order valence-corrected chi connectivity index (χ1v) is 8.61. The summed E-state index contributed by atoms with van der Waals surface area (Å²) in [5.74, 6) is 0.737. The molecule has 0 bridgehead atoms. The van der Waals surface area contributed by atoms with E-state index in [1.54, 1.807) is 0 Å². The number of carbonyl (C=O) groups excluding carboxylic acids is 1. The Morgan fingerprint density at radius 3 is 2.48 bits per heavy atom. The van der Waals surface area contributed by atoms with Crippen LogP contribution in [0.5, 0.6) is 0 Å². The summed E-state index contributed by atoms with van der Waals surface area (Å²) >= 11 is 0. The summed E-state index contributed by atoms with van der Waals surface area (Å²) in [4.78, 5) is 13.1. The zero-order valence-corrected chi connectivity index (χ0v) is 13.7. The standard InChI is InChI=1S/C18H30O3/c1-16(2)8-4-5-14(21)18(16)10-7-13(20)12-6-9-17(3,11-19)15(12)18/h12-13,15,19-20H,4-11H2,1-3H3/t12-,13+,15-,17+,18-/m0/s1. The number of carbonyl (C=O) groups is 1. The third kappa shape index (κ3) is 1.89. The van der Waals surface area contributed by atoms with Crippen LogP contribution in [0.3, 0.4) is 0 Å². The molecule has 0 aromatic rings. The summed E-state index contributed by atoms with van der Waals surface area (Å²) in [5, 5.41) is 20.5. The lowest BCUT2D eigenvalue weighted by Crippen LogP contribution is -2.61. The summed E-state index contributed by atoms with van der Waals surface area (Å²) in [6.07, 6.45) is 5.90. The third-order valence-electron chi connectivity index (χ3n) is 7.36. The smallest absolute Gasteiger partial charge is 0.139 e. The maximum atomic E-state index is 13.1. The Morgan fingerprint density at radius 1 is 1.14 bits per heavy atom. The number of fused-ring (bicyclic) bond motifs is 2. The summed E-state index contributed by atoms with van der Waals surface area (Å²) < 4.78 is 0. The van der Waals surface area contributed by atoms with E-state index in [2.05, 4.69) is 20.8 Å². The lowest BCUT2D eigenvalue weighted by molar-refractivity contribution is -0.175. The average Bonchev–Trinajstić information content (AvgIpc) is 2.78. The Labute approximate surface area is 128 Å². The van der Waals surface area contributed by atoms with Gasteiger partial charge in [-0.1, -0.05) is 20.8 Å². The molecule has 1 spiro atoms. The van der Waals surface area contributed by atoms with E-state index in [1.165, 1.54) is 0 Å². The predicted molar refractivity (Wildman–Crippen MR) is 81.7 cm³/mol. The van der Waals surface area contributed by atoms with E-state index in [-0.39, 0.29) is 40.8 Å². The van der Waals surface area contributed by atoms with Crippen LogP contribution in [-0.2, 0) is 4.79 Å². The topological polar surface area (TPSA) is 57.5 Å². The molecule has 3 nitrogen and oxygen atoms in total. The van der Waals surface area contributed by atoms with Crippen molar-refractivity contribution < 1.29 is 15.0 Å². The average molecular weight is 294 g/mol. The highest BCUT2D eigenvalue weighted by atomic mass is 16.3. The van der Waals surface area contributed by atoms with Crippen molar-refractivity contribution in [3.05, 3.63) is 0 Å². The SMILES string of the molecule is CC1(C)CCCC(=O)[C@]12CC[C@@H](O)[C@@H]1CC[C@](C)(CO)[C@H]12. The van der Waals surface area contributed by atoms with Gasteiger partial charge >= 0.3 is 0 Å². The van der Waals surface area contributed by atoms with Gasteiger partial charge in [0.15, 0.2) is 0 Å². The molecule has 5 atom stereocenters. The van der Waals surface area contributed by atoms with Crippen molar-refractivity contribution >= 4 is 5.78 Å². The maximum absolute atomic E-state index is 13.1. The van der Waals surface area contributed by atoms with Crippen LogP contribution in [0.2, 0.25) is 0 Å². The van der Waals surface area contributed by atoms with Gasteiger partial charge in [0.05, 0.1) is 6.10 Å². The predicted octanol–water partition coefficient (Wildman–Crippen LogP) is 2.93. The largest absolute Gasteiger partial charge is 0.396 e. The molecule has 3 aliphatic rings. The Hall–Kier alpha value is -0.410. The third-order valence-corrected chi connectivity index (χ3v) is 7.36. The molecule has 120 valence electrons. The van der Waals surface area contributed by atoms with E-state index in [1.807, 2.05) is 0 Å². The number of rotatable bonds is 1. The Balaban J connectivity index is 2.13. The molecule has 3 heteroatoms. The van der Waals surface area contributed by atoms with Gasteiger partial charge in [0.2, 0.25) is 0 Å². The van der Waals surface area contributed by atoms with E-state index in [0.29, 0.717) is 12.2 Å². The molecule has 0 aromatic carbocycles. The second-order valence-corrected chi connectivity index (χ2v) is 8.73. The number of hydrogen-bond acceptors (Lipinski definition) is 3. The van der Waals surface area contributed by atoms with Crippen LogP contribution in [0.15, 0.2) is 0 Å². The first-order chi connectivity index (χ1) is 9.78. The lowest BCUT2D eigenvalue weighted by atomic mass is 9.43. The van der Waals surface area contributed by atoms with Crippen LogP contribution >= 0.6 is 0 Å². The van der Waals surface area contributed by atoms with Gasteiger partial charge in [0.25, 0.3) is 0 Å². The van der Waals surface area contributed by atoms with E-state index in [9.17, 15) is 15.0 Å². The first-order valence-electron chi connectivity index (χ1n) is 8.61. The van der Waals surface area contributed by atoms with Crippen molar-refractivity contribution in [2.45, 2.75) is 71.8 Å². The zero-order chi connectivity index (χ0) is 15.5. The van der Waals surface area contributed by atoms with Crippen LogP contribution < -0.4 is 0 Å². The number of hydrogen-bond donors (Lipinski definition) is 2. The van der Waals surface area contributed by atoms with Gasteiger partial charge in [-0.15, -0.1) is 0 Å². The Bertz CT molecular complexity index is 444. The van der Waals surface area contributed by atoms with Crippen LogP contribution in [0, 0.1) is 28.1 Å². The van der Waals surface area contributed by atoms with E-state index >= 15 is 0 Å². The fraction of sp³-hybridized carbons (Fsp3) is 0.944. The molecule has 3 fully saturated rings. The quantitative estimate of drug-likeness (QED) is 0.782. The van der Waals surface area contributed by atoms with Gasteiger partial charge in [-0.25, -0.2) is 0 Å². The molecule has 3 aliphatic carbocycles. The van der Waals surface area contributed by atoms with Gasteiger partial charge < -0.3 is 10.2 Å². The molecule has 0 heterocycles. The zero-order valence-electron chi connectivity index (χ0n) is 13.7. The van der Waals surface area contributed by atoms with Crippen LogP contribution in [0.4, 0.5) is 0 Å². The van der Waals surface area contributed by atoms with Gasteiger partial charge in [0.1, 0.15) is 5.78 Å². The summed E-state index contributed by atoms with van der Waals surface area (Å²) in [7, 11) is 0. The van der Waals surface area contributed by atoms with Crippen molar-refractivity contribution in [2.24, 2.45) is 28.1 Å². The minimum absolute atomic E-state index is 0.0217. The summed E-state index contributed by atoms with van der Waals surface area (Å²) in [5.41, 5.74) is -0.564. The van der Waals surface area contributed by atoms with Crippen molar-refractivity contribution in [3.63, 3.8) is 0 Å². The van der Waals surface area contributed by atoms with Gasteiger partial charge in [-0.05, 0) is 61.2 Å². The number of aliphatic hydroxyl groups excluding tert-OH is 2. The van der Waals surface area contributed by atoms with Crippen LogP contribution in [-0.4, -0.2) is 28.7 Å². The monoisotopic (exact) mass is 294 g/mol. The molecule has 0 aliphatic heterocycles. The van der Waals surface area contributed by atoms with Crippen LogP contribution in [0.1, 0.15) is 65.7 Å². The van der Waals surface area contributed by atoms with Gasteiger partial charge in [-0.3, -0.25) is 4.79 Å². The van der Waals surface area contributed by atoms with E-state index in [4.69, 9.17) is 0 Å². The lowest BCUT2D eigenvalue weighted by Gasteiger charge is -2.60. The molecule has 0 unspecified atom stereocenters. The molecule has 21 heavy (non-hydrogen) atoms. The number of aliphatic hydroxyl groups is 2. The molecule has 0 radical (unpaired) electrons. The molecular formula is C18H30O3. The van der Waals surface area contributed by atoms with Crippen molar-refractivity contribution in [2.75, 3.05) is 6.61 Å². The normalized spacial score (nSPS) is 49.4. The summed E-state index contributed by atoms with van der Waals surface area (Å²) in [6.45, 7) is 6.76. The Kier molecular flexibility index (Phi) is 3.53. The Morgan fingerprint density at radius 2 is 1.86 bits per heavy atom. The second kappa shape index (κ2) is 4.79. The van der Waals surface area contributed by atoms with E-state index < -0.39 is 0 Å². The molecular weight excluding hydrogens is 264 g/mol. The highest BCUT2D eigenvalue weighted by Gasteiger charge is 2.67. The molecule has 2 N–H and O–H groups in total. The van der Waals surface area contributed by atoms with Crippen molar-refractivity contribution in [3.8, 4) is 0 Å². The second-order valence-electron chi connectivity index (χ2n) is 8.73. The minimum atomic E-state index is -0.330. The fourth-order valence-electron chi connectivity index (χ4n) is 6.22. The van der Waals surface area contributed by atoms with Gasteiger partial charge in [-0.2, -0.15) is 0 Å². The highest BCUT2D eigenvalue weighted by molar-refractivity contribution is 5.87. The fourth-order valence-corrected chi connectivity index (χ4v) is 6.22. The number of ketones is 1. The molecule has 0 amide bonds. The maximum Gasteiger partial charge on any atom is 0.139 e.